The second kappa shape index (κ2) is 10.7. The van der Waals surface area contributed by atoms with Crippen molar-refractivity contribution < 1.29 is 28.5 Å². The molecule has 0 bridgehead atoms. The van der Waals surface area contributed by atoms with Crippen LogP contribution in [0.25, 0.3) is 0 Å². The van der Waals surface area contributed by atoms with Crippen LogP contribution in [-0.4, -0.2) is 46.0 Å². The zero-order chi connectivity index (χ0) is 22.1. The fourth-order valence-corrected chi connectivity index (χ4v) is 2.52. The summed E-state index contributed by atoms with van der Waals surface area (Å²) in [6.45, 7) is 1.64. The normalized spacial score (nSPS) is 10.8. The highest BCUT2D eigenvalue weighted by Crippen LogP contribution is 2.29. The predicted molar refractivity (Wildman–Crippen MR) is 113 cm³/mol. The number of anilines is 1. The van der Waals surface area contributed by atoms with Crippen LogP contribution in [0.4, 0.5) is 5.69 Å². The Morgan fingerprint density at radius 2 is 1.50 bits per heavy atom. The Balaban J connectivity index is 2.00. The first kappa shape index (κ1) is 22.5. The van der Waals surface area contributed by atoms with E-state index in [1.165, 1.54) is 21.3 Å². The van der Waals surface area contributed by atoms with Gasteiger partial charge in [0.15, 0.2) is 0 Å². The zero-order valence-electron chi connectivity index (χ0n) is 17.6. The number of ether oxygens (including phenoxy) is 4. The molecule has 2 amide bonds. The summed E-state index contributed by atoms with van der Waals surface area (Å²) in [6.07, 6.45) is -0.0170. The van der Waals surface area contributed by atoms with Crippen molar-refractivity contribution in [1.29, 1.82) is 0 Å². The lowest BCUT2D eigenvalue weighted by Gasteiger charge is -2.11. The van der Waals surface area contributed by atoms with Crippen molar-refractivity contribution in [2.45, 2.75) is 13.3 Å². The van der Waals surface area contributed by atoms with Gasteiger partial charge in [0, 0.05) is 23.4 Å². The molecule has 0 saturated heterocycles. The quantitative estimate of drug-likeness (QED) is 0.482. The molecule has 160 valence electrons. The first-order chi connectivity index (χ1) is 14.4. The predicted octanol–water partition coefficient (Wildman–Crippen LogP) is 2.86. The highest BCUT2D eigenvalue weighted by Gasteiger charge is 2.12. The molecule has 0 aliphatic rings. The number of hydrogen-bond acceptors (Lipinski definition) is 7. The van der Waals surface area contributed by atoms with E-state index in [1.807, 2.05) is 0 Å². The molecule has 9 nitrogen and oxygen atoms in total. The van der Waals surface area contributed by atoms with Gasteiger partial charge in [-0.2, -0.15) is 5.10 Å². The van der Waals surface area contributed by atoms with Gasteiger partial charge in [-0.25, -0.2) is 5.43 Å². The topological polar surface area (TPSA) is 107 Å². The largest absolute Gasteiger partial charge is 0.497 e. The second-order valence-corrected chi connectivity index (χ2v) is 6.18. The van der Waals surface area contributed by atoms with E-state index in [0.717, 1.165) is 0 Å². The van der Waals surface area contributed by atoms with Crippen molar-refractivity contribution in [3.63, 3.8) is 0 Å². The van der Waals surface area contributed by atoms with Crippen LogP contribution in [0.15, 0.2) is 41.5 Å². The van der Waals surface area contributed by atoms with Crippen molar-refractivity contribution in [3.8, 4) is 23.0 Å². The van der Waals surface area contributed by atoms with Crippen LogP contribution in [0.3, 0.4) is 0 Å². The van der Waals surface area contributed by atoms with Crippen molar-refractivity contribution >= 4 is 23.2 Å². The van der Waals surface area contributed by atoms with Gasteiger partial charge in [-0.3, -0.25) is 9.59 Å². The summed E-state index contributed by atoms with van der Waals surface area (Å²) < 4.78 is 20.7. The number of hydrogen-bond donors (Lipinski definition) is 2. The maximum absolute atomic E-state index is 12.3. The van der Waals surface area contributed by atoms with Gasteiger partial charge in [-0.1, -0.05) is 0 Å². The molecule has 2 aromatic carbocycles. The van der Waals surface area contributed by atoms with Gasteiger partial charge in [-0.15, -0.1) is 0 Å². The summed E-state index contributed by atoms with van der Waals surface area (Å²) in [6, 6.07) is 9.83. The van der Waals surface area contributed by atoms with E-state index in [4.69, 9.17) is 18.9 Å². The van der Waals surface area contributed by atoms with Crippen molar-refractivity contribution in [3.05, 3.63) is 42.0 Å². The molecule has 0 spiro atoms. The van der Waals surface area contributed by atoms with Gasteiger partial charge in [0.05, 0.1) is 40.5 Å². The van der Waals surface area contributed by atoms with Crippen LogP contribution in [0.5, 0.6) is 23.0 Å². The number of nitrogens with zero attached hydrogens (tertiary/aromatic N) is 1. The number of carbonyl (C=O) groups excluding carboxylic acids is 2. The van der Waals surface area contributed by atoms with Gasteiger partial charge < -0.3 is 24.3 Å². The highest BCUT2D eigenvalue weighted by molar-refractivity contribution is 6.06. The number of rotatable bonds is 9. The van der Waals surface area contributed by atoms with E-state index in [-0.39, 0.29) is 12.3 Å². The van der Waals surface area contributed by atoms with Crippen LogP contribution < -0.4 is 29.7 Å². The number of amides is 2. The van der Waals surface area contributed by atoms with Crippen molar-refractivity contribution in [1.82, 2.24) is 5.43 Å². The molecule has 0 heterocycles. The Hall–Kier alpha value is -3.75. The molecule has 0 unspecified atom stereocenters. The third-order valence-corrected chi connectivity index (χ3v) is 4.06. The molecule has 0 aliphatic heterocycles. The lowest BCUT2D eigenvalue weighted by Crippen LogP contribution is -2.21. The number of carbonyl (C=O) groups is 2. The molecule has 2 N–H and O–H groups in total. The van der Waals surface area contributed by atoms with E-state index in [9.17, 15) is 9.59 Å². The molecule has 0 atom stereocenters. The van der Waals surface area contributed by atoms with Crippen LogP contribution in [0.1, 0.15) is 23.7 Å². The molecule has 9 heteroatoms. The fraction of sp³-hybridized carbons (Fsp3) is 0.286. The van der Waals surface area contributed by atoms with E-state index >= 15 is 0 Å². The summed E-state index contributed by atoms with van der Waals surface area (Å²) in [5.41, 5.74) is 3.66. The molecule has 2 aromatic rings. The molecule has 0 radical (unpaired) electrons. The lowest BCUT2D eigenvalue weighted by atomic mass is 10.2. The summed E-state index contributed by atoms with van der Waals surface area (Å²) in [5, 5.41) is 6.73. The van der Waals surface area contributed by atoms with Gasteiger partial charge in [0.2, 0.25) is 5.91 Å². The van der Waals surface area contributed by atoms with Crippen LogP contribution >= 0.6 is 0 Å². The number of methoxy groups -OCH3 is 4. The van der Waals surface area contributed by atoms with Crippen molar-refractivity contribution in [2.75, 3.05) is 33.8 Å². The van der Waals surface area contributed by atoms with Crippen LogP contribution in [-0.2, 0) is 4.79 Å². The first-order valence-electron chi connectivity index (χ1n) is 8.98. The number of hydrazone groups is 1. The molecule has 0 aliphatic carbocycles. The van der Waals surface area contributed by atoms with Gasteiger partial charge in [0.25, 0.3) is 5.91 Å². The second-order valence-electron chi connectivity index (χ2n) is 6.18. The molecular weight excluding hydrogens is 390 g/mol. The molecular formula is C21H25N3O6. The minimum absolute atomic E-state index is 0.0170. The monoisotopic (exact) mass is 415 g/mol. The van der Waals surface area contributed by atoms with Crippen molar-refractivity contribution in [2.24, 2.45) is 5.10 Å². The Bertz CT molecular complexity index is 920. The lowest BCUT2D eigenvalue weighted by molar-refractivity contribution is -0.115. The molecule has 2 rings (SSSR count). The van der Waals surface area contributed by atoms with Crippen LogP contribution in [0, 0.1) is 0 Å². The standard InChI is InChI=1S/C21H25N3O6/c1-13(8-20(25)22-18-7-6-15(27-2)12-19(18)30-5)23-24-21(26)14-9-16(28-3)11-17(10-14)29-4/h6-7,9-12H,8H2,1-5H3,(H,22,25)(H,24,26)/b23-13+. The average Bonchev–Trinajstić information content (AvgIpc) is 2.77. The zero-order valence-corrected chi connectivity index (χ0v) is 17.6. The highest BCUT2D eigenvalue weighted by atomic mass is 16.5. The Kier molecular flexibility index (Phi) is 8.04. The molecule has 0 fully saturated rings. The fourth-order valence-electron chi connectivity index (χ4n) is 2.52. The Morgan fingerprint density at radius 3 is 2.07 bits per heavy atom. The average molecular weight is 415 g/mol. The van der Waals surface area contributed by atoms with Crippen LogP contribution in [0.2, 0.25) is 0 Å². The van der Waals surface area contributed by atoms with E-state index < -0.39 is 5.91 Å². The van der Waals surface area contributed by atoms with E-state index in [0.29, 0.717) is 40.0 Å². The minimum atomic E-state index is -0.455. The van der Waals surface area contributed by atoms with E-state index in [2.05, 4.69) is 15.8 Å². The SMILES string of the molecule is COc1cc(OC)cc(C(=O)N/N=C(\C)CC(=O)Nc2ccc(OC)cc2OC)c1. The van der Waals surface area contributed by atoms with Gasteiger partial charge in [-0.05, 0) is 31.2 Å². The Morgan fingerprint density at radius 1 is 0.867 bits per heavy atom. The number of nitrogens with one attached hydrogen (secondary N) is 2. The third kappa shape index (κ3) is 6.13. The smallest absolute Gasteiger partial charge is 0.271 e. The Labute approximate surface area is 175 Å². The third-order valence-electron chi connectivity index (χ3n) is 4.06. The maximum atomic E-state index is 12.3. The first-order valence-corrected chi connectivity index (χ1v) is 8.98. The summed E-state index contributed by atoms with van der Waals surface area (Å²) in [4.78, 5) is 24.7. The summed E-state index contributed by atoms with van der Waals surface area (Å²) in [5.74, 6) is 1.28. The number of benzene rings is 2. The summed E-state index contributed by atoms with van der Waals surface area (Å²) in [7, 11) is 6.04. The van der Waals surface area contributed by atoms with E-state index in [1.54, 1.807) is 50.4 Å². The summed E-state index contributed by atoms with van der Waals surface area (Å²) >= 11 is 0. The van der Waals surface area contributed by atoms with Gasteiger partial charge >= 0.3 is 0 Å². The minimum Gasteiger partial charge on any atom is -0.497 e. The molecule has 30 heavy (non-hydrogen) atoms. The molecule has 0 saturated carbocycles. The molecule has 0 aromatic heterocycles. The van der Waals surface area contributed by atoms with Gasteiger partial charge in [0.1, 0.15) is 23.0 Å². The maximum Gasteiger partial charge on any atom is 0.271 e.